The average molecular weight is 529 g/mol. The second-order valence-electron chi connectivity index (χ2n) is 11.0. The quantitative estimate of drug-likeness (QED) is 0.261. The fourth-order valence-corrected chi connectivity index (χ4v) is 4.96. The van der Waals surface area contributed by atoms with E-state index >= 15 is 0 Å². The fourth-order valence-electron chi connectivity index (χ4n) is 4.96. The molecule has 1 unspecified atom stereocenters. The van der Waals surface area contributed by atoms with E-state index in [1.165, 1.54) is 5.69 Å². The van der Waals surface area contributed by atoms with Gasteiger partial charge in [0, 0.05) is 62.6 Å². The molecule has 2 aromatic carbocycles. The molecule has 0 amide bonds. The molecule has 1 saturated heterocycles. The molecule has 1 fully saturated rings. The van der Waals surface area contributed by atoms with Gasteiger partial charge in [0.1, 0.15) is 0 Å². The number of nitrogens with one attached hydrogen (secondary N) is 3. The van der Waals surface area contributed by atoms with E-state index in [1.807, 2.05) is 10.9 Å². The Bertz CT molecular complexity index is 1410. The van der Waals surface area contributed by atoms with Crippen LogP contribution in [-0.2, 0) is 11.3 Å². The maximum Gasteiger partial charge on any atom is 0.229 e. The number of aromatic nitrogens is 4. The van der Waals surface area contributed by atoms with Gasteiger partial charge in [-0.25, -0.2) is 9.67 Å². The summed E-state index contributed by atoms with van der Waals surface area (Å²) in [5.74, 6) is 1.29. The van der Waals surface area contributed by atoms with E-state index in [0.717, 1.165) is 65.4 Å². The Morgan fingerprint density at radius 3 is 2.51 bits per heavy atom. The smallest absolute Gasteiger partial charge is 0.229 e. The molecule has 39 heavy (non-hydrogen) atoms. The maximum absolute atomic E-state index is 5.66. The monoisotopic (exact) mass is 528 g/mol. The van der Waals surface area contributed by atoms with Crippen LogP contribution in [0.1, 0.15) is 38.3 Å². The molecular formula is C30H40N8O. The topological polar surface area (TPSA) is 92.2 Å². The largest absolute Gasteiger partial charge is 0.379 e. The Hall–Kier alpha value is -3.69. The zero-order valence-corrected chi connectivity index (χ0v) is 23.9. The number of hydrogen-bond acceptors (Lipinski definition) is 8. The fraction of sp³-hybridized carbons (Fsp3) is 0.433. The van der Waals surface area contributed by atoms with E-state index in [-0.39, 0.29) is 5.60 Å². The molecule has 0 saturated carbocycles. The van der Waals surface area contributed by atoms with Crippen molar-refractivity contribution in [2.75, 3.05) is 42.3 Å². The summed E-state index contributed by atoms with van der Waals surface area (Å²) in [7, 11) is 1.74. The highest BCUT2D eigenvalue weighted by Gasteiger charge is 2.21. The first-order valence-electron chi connectivity index (χ1n) is 13.7. The Kier molecular flexibility index (Phi) is 7.72. The average Bonchev–Trinajstić information content (AvgIpc) is 3.27. The molecule has 2 aromatic heterocycles. The molecular weight excluding hydrogens is 488 g/mol. The number of rotatable bonds is 9. The number of benzene rings is 2. The molecule has 1 aliphatic rings. The molecule has 0 bridgehead atoms. The van der Waals surface area contributed by atoms with Crippen LogP contribution in [0.4, 0.5) is 28.8 Å². The lowest BCUT2D eigenvalue weighted by Crippen LogP contribution is -2.49. The third kappa shape index (κ3) is 5.99. The van der Waals surface area contributed by atoms with Crippen molar-refractivity contribution in [2.24, 2.45) is 0 Å². The number of hydrogen-bond donors (Lipinski definition) is 3. The third-order valence-electron chi connectivity index (χ3n) is 7.65. The number of methoxy groups -OCH3 is 1. The minimum absolute atomic E-state index is 0.268. The summed E-state index contributed by atoms with van der Waals surface area (Å²) < 4.78 is 7.61. The van der Waals surface area contributed by atoms with Crippen LogP contribution in [-0.4, -0.2) is 58.1 Å². The second-order valence-corrected chi connectivity index (χ2v) is 11.0. The second kappa shape index (κ2) is 11.2. The van der Waals surface area contributed by atoms with Crippen molar-refractivity contribution in [1.82, 2.24) is 25.1 Å². The van der Waals surface area contributed by atoms with Crippen LogP contribution in [0.5, 0.6) is 0 Å². The van der Waals surface area contributed by atoms with E-state index in [1.54, 1.807) is 7.11 Å². The van der Waals surface area contributed by atoms with Gasteiger partial charge in [0.2, 0.25) is 5.95 Å². The van der Waals surface area contributed by atoms with Gasteiger partial charge < -0.3 is 25.6 Å². The third-order valence-corrected chi connectivity index (χ3v) is 7.65. The summed E-state index contributed by atoms with van der Waals surface area (Å²) in [6, 6.07) is 15.2. The number of nitrogens with zero attached hydrogens (tertiary/aromatic N) is 5. The number of fused-ring (bicyclic) bond motifs is 1. The molecule has 9 nitrogen and oxygen atoms in total. The van der Waals surface area contributed by atoms with Crippen molar-refractivity contribution in [2.45, 2.75) is 59.2 Å². The van der Waals surface area contributed by atoms with Crippen LogP contribution >= 0.6 is 0 Å². The van der Waals surface area contributed by atoms with Gasteiger partial charge in [-0.3, -0.25) is 0 Å². The van der Waals surface area contributed by atoms with E-state index in [4.69, 9.17) is 14.8 Å². The van der Waals surface area contributed by atoms with Crippen LogP contribution in [0.15, 0.2) is 48.7 Å². The van der Waals surface area contributed by atoms with Gasteiger partial charge in [-0.2, -0.15) is 10.1 Å². The summed E-state index contributed by atoms with van der Waals surface area (Å²) in [6.45, 7) is 14.3. The Morgan fingerprint density at radius 2 is 1.82 bits per heavy atom. The molecule has 0 radical (unpaired) electrons. The summed E-state index contributed by atoms with van der Waals surface area (Å²) in [4.78, 5) is 12.0. The minimum Gasteiger partial charge on any atom is -0.379 e. The van der Waals surface area contributed by atoms with Gasteiger partial charge in [0.05, 0.1) is 11.0 Å². The van der Waals surface area contributed by atoms with Crippen molar-refractivity contribution >= 4 is 39.9 Å². The first-order chi connectivity index (χ1) is 18.7. The molecule has 4 aromatic rings. The zero-order chi connectivity index (χ0) is 27.6. The Balaban J connectivity index is 1.43. The number of piperazine rings is 1. The predicted octanol–water partition coefficient (Wildman–Crippen LogP) is 5.54. The maximum atomic E-state index is 5.66. The molecule has 206 valence electrons. The highest BCUT2D eigenvalue weighted by Crippen LogP contribution is 2.30. The molecule has 1 aliphatic heterocycles. The number of ether oxygens (including phenoxy) is 1. The first-order valence-corrected chi connectivity index (χ1v) is 13.7. The Labute approximate surface area is 231 Å². The number of para-hydroxylation sites is 1. The lowest BCUT2D eigenvalue weighted by atomic mass is 10.1. The van der Waals surface area contributed by atoms with Crippen LogP contribution in [0.25, 0.3) is 11.0 Å². The normalized spacial score (nSPS) is 16.1. The summed E-state index contributed by atoms with van der Waals surface area (Å²) in [5.41, 5.74) is 6.07. The predicted molar refractivity (Wildman–Crippen MR) is 160 cm³/mol. The van der Waals surface area contributed by atoms with E-state index < -0.39 is 0 Å². The van der Waals surface area contributed by atoms with Crippen molar-refractivity contribution in [3.63, 3.8) is 0 Å². The zero-order valence-electron chi connectivity index (χ0n) is 23.9. The van der Waals surface area contributed by atoms with Crippen molar-refractivity contribution in [1.29, 1.82) is 0 Å². The van der Waals surface area contributed by atoms with Gasteiger partial charge in [-0.15, -0.1) is 0 Å². The van der Waals surface area contributed by atoms with E-state index in [2.05, 4.69) is 103 Å². The van der Waals surface area contributed by atoms with Gasteiger partial charge >= 0.3 is 0 Å². The molecule has 3 heterocycles. The number of aryl methyl sites for hydroxylation is 3. The lowest BCUT2D eigenvalue weighted by molar-refractivity contribution is 0.0116. The van der Waals surface area contributed by atoms with Crippen molar-refractivity contribution in [3.8, 4) is 0 Å². The highest BCUT2D eigenvalue weighted by molar-refractivity contribution is 5.90. The van der Waals surface area contributed by atoms with Gasteiger partial charge in [0.25, 0.3) is 0 Å². The number of anilines is 5. The molecule has 1 atom stereocenters. The van der Waals surface area contributed by atoms with Crippen LogP contribution in [0.2, 0.25) is 0 Å². The first kappa shape index (κ1) is 26.9. The van der Waals surface area contributed by atoms with Crippen molar-refractivity contribution in [3.05, 3.63) is 59.8 Å². The summed E-state index contributed by atoms with van der Waals surface area (Å²) in [6.07, 6.45) is 2.64. The van der Waals surface area contributed by atoms with Gasteiger partial charge in [0.15, 0.2) is 11.5 Å². The standard InChI is InChI=1S/C30H40N8O/c1-20-8-7-9-21(2)26(20)34-27-25-19-32-29(35-28(25)38(36-27)16-14-30(4,5)39-6)33-23-10-12-24(13-11-23)37-17-15-31-18-22(37)3/h7-13,19,22,31H,14-18H2,1-6H3,(H,34,36)(H,32,33,35). The molecule has 9 heteroatoms. The van der Waals surface area contributed by atoms with Crippen molar-refractivity contribution < 1.29 is 4.74 Å². The molecule has 0 spiro atoms. The summed E-state index contributed by atoms with van der Waals surface area (Å²) >= 11 is 0. The van der Waals surface area contributed by atoms with E-state index in [9.17, 15) is 0 Å². The van der Waals surface area contributed by atoms with Crippen LogP contribution < -0.4 is 20.9 Å². The lowest BCUT2D eigenvalue weighted by Gasteiger charge is -2.36. The van der Waals surface area contributed by atoms with E-state index in [0.29, 0.717) is 18.5 Å². The summed E-state index contributed by atoms with van der Waals surface area (Å²) in [5, 5.41) is 16.2. The van der Waals surface area contributed by atoms with Crippen LogP contribution in [0.3, 0.4) is 0 Å². The minimum atomic E-state index is -0.268. The van der Waals surface area contributed by atoms with Gasteiger partial charge in [-0.05, 0) is 76.4 Å². The van der Waals surface area contributed by atoms with Gasteiger partial charge in [-0.1, -0.05) is 18.2 Å². The highest BCUT2D eigenvalue weighted by atomic mass is 16.5. The SMILES string of the molecule is COC(C)(C)CCn1nc(Nc2c(C)cccc2C)c2cnc(Nc3ccc(N4CCNCC4C)cc3)nc21. The Morgan fingerprint density at radius 1 is 1.08 bits per heavy atom. The van der Waals surface area contributed by atoms with Crippen LogP contribution in [0, 0.1) is 13.8 Å². The molecule has 0 aliphatic carbocycles. The molecule has 3 N–H and O–H groups in total. The molecule has 5 rings (SSSR count).